The molecule has 1 aromatic carbocycles. The van der Waals surface area contributed by atoms with Crippen molar-refractivity contribution >= 4 is 24.0 Å². The fourth-order valence-electron chi connectivity index (χ4n) is 1.83. The molecule has 17 heavy (non-hydrogen) atoms. The number of thiazole rings is 1. The Kier molecular flexibility index (Phi) is 2.72. The van der Waals surface area contributed by atoms with Crippen LogP contribution in [0.25, 0.3) is 11.3 Å². The molecule has 0 atom stereocenters. The summed E-state index contributed by atoms with van der Waals surface area (Å²) in [5.74, 6) is 2.29. The molecule has 3 nitrogen and oxygen atoms in total. The number of ether oxygens (including phenoxy) is 2. The lowest BCUT2D eigenvalue weighted by Crippen LogP contribution is -1.92. The number of thiol groups is 1. The molecule has 88 valence electrons. The van der Waals surface area contributed by atoms with Crippen LogP contribution in [0.2, 0.25) is 0 Å². The molecule has 0 aliphatic carbocycles. The Balaban J connectivity index is 2.08. The van der Waals surface area contributed by atoms with Gasteiger partial charge < -0.3 is 9.47 Å². The van der Waals surface area contributed by atoms with Crippen LogP contribution in [0, 0.1) is 6.92 Å². The predicted molar refractivity (Wildman–Crippen MR) is 71.1 cm³/mol. The Morgan fingerprint density at radius 3 is 2.82 bits per heavy atom. The quantitative estimate of drug-likeness (QED) is 0.846. The van der Waals surface area contributed by atoms with Crippen LogP contribution in [0.15, 0.2) is 17.5 Å². The second-order valence-corrected chi connectivity index (χ2v) is 5.06. The van der Waals surface area contributed by atoms with Gasteiger partial charge in [-0.3, -0.25) is 0 Å². The fourth-order valence-corrected chi connectivity index (χ4v) is 2.77. The number of fused-ring (bicyclic) bond motifs is 1. The first-order valence-corrected chi connectivity index (χ1v) is 6.75. The summed E-state index contributed by atoms with van der Waals surface area (Å²) in [5, 5.41) is 3.08. The van der Waals surface area contributed by atoms with Gasteiger partial charge in [0, 0.05) is 16.7 Å². The Morgan fingerprint density at radius 2 is 2.12 bits per heavy atom. The van der Waals surface area contributed by atoms with E-state index < -0.39 is 0 Å². The minimum atomic E-state index is 0.303. The van der Waals surface area contributed by atoms with Gasteiger partial charge in [-0.25, -0.2) is 4.98 Å². The smallest absolute Gasteiger partial charge is 0.231 e. The number of hydrogen-bond acceptors (Lipinski definition) is 5. The molecular formula is C12H11NO2S2. The summed E-state index contributed by atoms with van der Waals surface area (Å²) in [6.07, 6.45) is 0. The Bertz CT molecular complexity index is 566. The van der Waals surface area contributed by atoms with Crippen LogP contribution in [0.3, 0.4) is 0 Å². The molecule has 2 aromatic rings. The lowest BCUT2D eigenvalue weighted by atomic mass is 10.1. The number of nitrogens with zero attached hydrogens (tertiary/aromatic N) is 1. The van der Waals surface area contributed by atoms with Crippen LogP contribution in [0.4, 0.5) is 0 Å². The molecule has 5 heteroatoms. The molecule has 1 aromatic heterocycles. The maximum atomic E-state index is 5.39. The first kappa shape index (κ1) is 10.9. The van der Waals surface area contributed by atoms with Gasteiger partial charge in [0.05, 0.1) is 5.69 Å². The topological polar surface area (TPSA) is 31.4 Å². The summed E-state index contributed by atoms with van der Waals surface area (Å²) in [6, 6.07) is 3.99. The van der Waals surface area contributed by atoms with E-state index >= 15 is 0 Å². The zero-order valence-electron chi connectivity index (χ0n) is 9.27. The second kappa shape index (κ2) is 4.23. The highest BCUT2D eigenvalue weighted by molar-refractivity contribution is 7.79. The van der Waals surface area contributed by atoms with Crippen LogP contribution in [0.1, 0.15) is 10.6 Å². The second-order valence-electron chi connectivity index (χ2n) is 3.80. The molecule has 0 saturated carbocycles. The highest BCUT2D eigenvalue weighted by Gasteiger charge is 2.17. The number of aryl methyl sites for hydroxylation is 1. The molecule has 0 spiro atoms. The Morgan fingerprint density at radius 1 is 1.35 bits per heavy atom. The van der Waals surface area contributed by atoms with E-state index in [1.54, 1.807) is 11.3 Å². The monoisotopic (exact) mass is 265 g/mol. The first-order valence-electron chi connectivity index (χ1n) is 5.24. The zero-order chi connectivity index (χ0) is 11.8. The molecular weight excluding hydrogens is 254 g/mol. The van der Waals surface area contributed by atoms with Crippen molar-refractivity contribution in [1.29, 1.82) is 0 Å². The standard InChI is InChI=1S/C12H11NO2S2/c1-7-2-10-11(15-6-14-10)3-8(7)9-5-17-12(4-16)13-9/h2-3,5,16H,4,6H2,1H3. The first-order chi connectivity index (χ1) is 8.28. The molecule has 0 bridgehead atoms. The van der Waals surface area contributed by atoms with Crippen molar-refractivity contribution in [3.8, 4) is 22.8 Å². The number of aromatic nitrogens is 1. The van der Waals surface area contributed by atoms with Crippen LogP contribution < -0.4 is 9.47 Å². The summed E-state index contributed by atoms with van der Waals surface area (Å²) >= 11 is 5.86. The van der Waals surface area contributed by atoms with Gasteiger partial charge in [-0.05, 0) is 24.6 Å². The minimum absolute atomic E-state index is 0.303. The Labute approximate surface area is 109 Å². The zero-order valence-corrected chi connectivity index (χ0v) is 11.0. The van der Waals surface area contributed by atoms with E-state index in [4.69, 9.17) is 9.47 Å². The van der Waals surface area contributed by atoms with Crippen LogP contribution in [0.5, 0.6) is 11.5 Å². The van der Waals surface area contributed by atoms with Gasteiger partial charge in [0.25, 0.3) is 0 Å². The van der Waals surface area contributed by atoms with E-state index in [2.05, 4.69) is 29.9 Å². The lowest BCUT2D eigenvalue weighted by Gasteiger charge is -2.04. The third-order valence-electron chi connectivity index (χ3n) is 2.68. The van der Waals surface area contributed by atoms with E-state index in [-0.39, 0.29) is 0 Å². The molecule has 0 unspecified atom stereocenters. The van der Waals surface area contributed by atoms with Crippen molar-refractivity contribution in [3.63, 3.8) is 0 Å². The molecule has 2 heterocycles. The van der Waals surface area contributed by atoms with Crippen LogP contribution in [-0.2, 0) is 5.75 Å². The molecule has 3 rings (SSSR count). The van der Waals surface area contributed by atoms with Crippen molar-refractivity contribution in [1.82, 2.24) is 4.98 Å². The van der Waals surface area contributed by atoms with E-state index in [1.165, 1.54) is 0 Å². The number of rotatable bonds is 2. The summed E-state index contributed by atoms with van der Waals surface area (Å²) in [6.45, 7) is 2.36. The largest absolute Gasteiger partial charge is 0.454 e. The van der Waals surface area contributed by atoms with Gasteiger partial charge in [0.2, 0.25) is 6.79 Å². The summed E-state index contributed by atoms with van der Waals surface area (Å²) in [7, 11) is 0. The lowest BCUT2D eigenvalue weighted by molar-refractivity contribution is 0.174. The van der Waals surface area contributed by atoms with Crippen molar-refractivity contribution in [2.24, 2.45) is 0 Å². The van der Waals surface area contributed by atoms with E-state index in [9.17, 15) is 0 Å². The molecule has 0 saturated heterocycles. The third-order valence-corrected chi connectivity index (χ3v) is 4.04. The molecule has 0 fully saturated rings. The van der Waals surface area contributed by atoms with Gasteiger partial charge in [-0.2, -0.15) is 12.6 Å². The average molecular weight is 265 g/mol. The van der Waals surface area contributed by atoms with Crippen molar-refractivity contribution in [2.75, 3.05) is 6.79 Å². The highest BCUT2D eigenvalue weighted by Crippen LogP contribution is 2.38. The number of benzene rings is 1. The van der Waals surface area contributed by atoms with Crippen molar-refractivity contribution in [3.05, 3.63) is 28.1 Å². The summed E-state index contributed by atoms with van der Waals surface area (Å²) in [4.78, 5) is 4.53. The van der Waals surface area contributed by atoms with Crippen LogP contribution >= 0.6 is 24.0 Å². The van der Waals surface area contributed by atoms with Gasteiger partial charge >= 0.3 is 0 Å². The van der Waals surface area contributed by atoms with Gasteiger partial charge in [-0.15, -0.1) is 11.3 Å². The van der Waals surface area contributed by atoms with Crippen LogP contribution in [-0.4, -0.2) is 11.8 Å². The molecule has 1 aliphatic heterocycles. The van der Waals surface area contributed by atoms with Crippen molar-refractivity contribution in [2.45, 2.75) is 12.7 Å². The summed E-state index contributed by atoms with van der Waals surface area (Å²) in [5.41, 5.74) is 3.22. The van der Waals surface area contributed by atoms with Gasteiger partial charge in [0.15, 0.2) is 11.5 Å². The van der Waals surface area contributed by atoms with E-state index in [1.807, 2.05) is 12.1 Å². The Hall–Kier alpha value is -1.20. The predicted octanol–water partition coefficient (Wildman–Crippen LogP) is 3.28. The SMILES string of the molecule is Cc1cc2c(cc1-c1csc(CS)n1)OCO2. The third kappa shape index (κ3) is 1.89. The number of hydrogen-bond donors (Lipinski definition) is 1. The van der Waals surface area contributed by atoms with Gasteiger partial charge in [0.1, 0.15) is 5.01 Å². The molecule has 0 N–H and O–H groups in total. The maximum Gasteiger partial charge on any atom is 0.231 e. The summed E-state index contributed by atoms with van der Waals surface area (Å²) < 4.78 is 10.7. The minimum Gasteiger partial charge on any atom is -0.454 e. The van der Waals surface area contributed by atoms with E-state index in [0.717, 1.165) is 33.3 Å². The molecule has 0 radical (unpaired) electrons. The highest BCUT2D eigenvalue weighted by atomic mass is 32.1. The van der Waals surface area contributed by atoms with Crippen molar-refractivity contribution < 1.29 is 9.47 Å². The average Bonchev–Trinajstić information content (AvgIpc) is 2.94. The van der Waals surface area contributed by atoms with E-state index in [0.29, 0.717) is 12.5 Å². The van der Waals surface area contributed by atoms with Gasteiger partial charge in [-0.1, -0.05) is 0 Å². The maximum absolute atomic E-state index is 5.39. The fraction of sp³-hybridized carbons (Fsp3) is 0.250. The molecule has 0 amide bonds. The normalized spacial score (nSPS) is 13.1. The molecule has 1 aliphatic rings.